The molecule has 0 radical (unpaired) electrons. The Labute approximate surface area is 279 Å². The third-order valence-corrected chi connectivity index (χ3v) is 6.90. The number of aldehydes is 1. The van der Waals surface area contributed by atoms with Crippen molar-refractivity contribution in [2.45, 2.75) is 114 Å². The molecule has 274 valence electrons. The van der Waals surface area contributed by atoms with Crippen LogP contribution in [0.1, 0.15) is 65.7 Å². The summed E-state index contributed by atoms with van der Waals surface area (Å²) in [5, 5.41) is 32.3. The van der Waals surface area contributed by atoms with E-state index in [0.29, 0.717) is 25.5 Å². The summed E-state index contributed by atoms with van der Waals surface area (Å²) >= 11 is 0. The van der Waals surface area contributed by atoms with E-state index in [2.05, 4.69) is 31.6 Å². The molecule has 0 bridgehead atoms. The SMILES string of the molecule is C[C@@H](C=O)NC(=O)[C@@H](NC(=O)[C@H](CCC(N)=O)NC(=O)[C@H](CCCCN)NC(=O)[C@@H](NC(=O)[C@@H](N)CCCN=C(N)N)[C@@H](C)O)[C@@H](C)O. The van der Waals surface area contributed by atoms with Gasteiger partial charge in [0.2, 0.25) is 35.4 Å². The zero-order chi connectivity index (χ0) is 37.0. The van der Waals surface area contributed by atoms with Gasteiger partial charge >= 0.3 is 0 Å². The highest BCUT2D eigenvalue weighted by Gasteiger charge is 2.34. The van der Waals surface area contributed by atoms with Crippen molar-refractivity contribution in [1.29, 1.82) is 0 Å². The second kappa shape index (κ2) is 23.0. The summed E-state index contributed by atoms with van der Waals surface area (Å²) in [7, 11) is 0. The maximum atomic E-state index is 13.5. The van der Waals surface area contributed by atoms with Crippen molar-refractivity contribution in [3.63, 3.8) is 0 Å². The minimum Gasteiger partial charge on any atom is -0.391 e. The molecule has 0 spiro atoms. The number of hydrogen-bond donors (Lipinski definition) is 12. The normalized spacial score (nSPS) is 15.9. The first-order chi connectivity index (χ1) is 22.4. The number of aliphatic hydroxyl groups is 2. The number of aliphatic hydroxyl groups excluding tert-OH is 2. The minimum absolute atomic E-state index is 0.0198. The number of aliphatic imine (C=N–C) groups is 1. The highest BCUT2D eigenvalue weighted by atomic mass is 16.3. The quantitative estimate of drug-likeness (QED) is 0.0195. The number of guanidine groups is 1. The molecular weight excluding hydrogens is 634 g/mol. The van der Waals surface area contributed by atoms with E-state index >= 15 is 0 Å². The average molecular weight is 688 g/mol. The Hall–Kier alpha value is -4.40. The first-order valence-corrected chi connectivity index (χ1v) is 15.6. The minimum atomic E-state index is -1.54. The van der Waals surface area contributed by atoms with Crippen LogP contribution >= 0.6 is 0 Å². The van der Waals surface area contributed by atoms with Gasteiger partial charge in [0.25, 0.3) is 0 Å². The van der Waals surface area contributed by atoms with Crippen molar-refractivity contribution >= 4 is 47.7 Å². The van der Waals surface area contributed by atoms with Crippen molar-refractivity contribution in [3.05, 3.63) is 0 Å². The Morgan fingerprint density at radius 3 is 1.69 bits per heavy atom. The number of rotatable bonds is 24. The van der Waals surface area contributed by atoms with E-state index < -0.39 is 83.9 Å². The predicted molar refractivity (Wildman–Crippen MR) is 174 cm³/mol. The van der Waals surface area contributed by atoms with E-state index in [-0.39, 0.29) is 44.7 Å². The standard InChI is InChI=1S/C28H53N11O9/c1-14(13-40)35-26(47)21(15(2)41)39-25(46)19(9-10-20(31)43)36-24(45)18(8-4-5-11-29)37-27(48)22(16(3)42)38-23(44)17(30)7-6-12-34-28(32)33/h13-19,21-22,41-42H,4-12,29-30H2,1-3H3,(H2,31,43)(H,35,47)(H,36,45)(H,37,48)(H,38,44)(H,39,46)(H4,32,33,34)/t14-,15+,16+,17-,18-,19-,21-,22-/m0/s1. The smallest absolute Gasteiger partial charge is 0.245 e. The fourth-order valence-electron chi connectivity index (χ4n) is 4.17. The molecule has 0 aromatic rings. The van der Waals surface area contributed by atoms with E-state index in [1.807, 2.05) is 0 Å². The van der Waals surface area contributed by atoms with Crippen LogP contribution in [0.3, 0.4) is 0 Å². The van der Waals surface area contributed by atoms with Gasteiger partial charge in [-0.2, -0.15) is 0 Å². The first-order valence-electron chi connectivity index (χ1n) is 15.6. The number of carbonyl (C=O) groups excluding carboxylic acids is 7. The van der Waals surface area contributed by atoms with E-state index in [4.69, 9.17) is 28.7 Å². The van der Waals surface area contributed by atoms with Crippen LogP contribution in [0.4, 0.5) is 0 Å². The lowest BCUT2D eigenvalue weighted by Gasteiger charge is -2.28. The maximum absolute atomic E-state index is 13.5. The Kier molecular flexibility index (Phi) is 20.9. The number of carbonyl (C=O) groups is 7. The number of nitrogens with zero attached hydrogens (tertiary/aromatic N) is 1. The number of unbranched alkanes of at least 4 members (excludes halogenated alkanes) is 1. The second-order valence-corrected chi connectivity index (χ2v) is 11.4. The van der Waals surface area contributed by atoms with E-state index in [9.17, 15) is 43.8 Å². The van der Waals surface area contributed by atoms with Gasteiger partial charge in [-0.25, -0.2) is 0 Å². The van der Waals surface area contributed by atoms with Crippen LogP contribution in [0.5, 0.6) is 0 Å². The molecule has 0 aliphatic carbocycles. The van der Waals surface area contributed by atoms with Crippen molar-refractivity contribution in [2.24, 2.45) is 33.7 Å². The molecule has 48 heavy (non-hydrogen) atoms. The molecule has 0 aromatic heterocycles. The van der Waals surface area contributed by atoms with Crippen LogP contribution < -0.4 is 55.3 Å². The Balaban J connectivity index is 5.95. The van der Waals surface area contributed by atoms with Gasteiger partial charge in [-0.15, -0.1) is 0 Å². The number of nitrogens with one attached hydrogen (secondary N) is 5. The van der Waals surface area contributed by atoms with Crippen LogP contribution in [0.2, 0.25) is 0 Å². The summed E-state index contributed by atoms with van der Waals surface area (Å²) in [6, 6.07) is -7.86. The van der Waals surface area contributed by atoms with E-state index in [1.165, 1.54) is 20.8 Å². The van der Waals surface area contributed by atoms with Gasteiger partial charge in [0.05, 0.1) is 24.3 Å². The zero-order valence-corrected chi connectivity index (χ0v) is 27.6. The van der Waals surface area contributed by atoms with E-state index in [0.717, 1.165) is 0 Å². The Morgan fingerprint density at radius 2 is 1.19 bits per heavy atom. The molecule has 0 fully saturated rings. The summed E-state index contributed by atoms with van der Waals surface area (Å²) in [5.74, 6) is -5.36. The molecule has 20 nitrogen and oxygen atoms in total. The number of hydrogen-bond acceptors (Lipinski definition) is 12. The molecule has 8 atom stereocenters. The molecule has 0 aliphatic heterocycles. The molecule has 0 aliphatic rings. The molecule has 0 aromatic carbocycles. The van der Waals surface area contributed by atoms with Gasteiger partial charge in [-0.1, -0.05) is 0 Å². The monoisotopic (exact) mass is 687 g/mol. The Bertz CT molecular complexity index is 1120. The van der Waals surface area contributed by atoms with Gasteiger partial charge in [0, 0.05) is 13.0 Å². The highest BCUT2D eigenvalue weighted by Crippen LogP contribution is 2.07. The zero-order valence-electron chi connectivity index (χ0n) is 27.6. The van der Waals surface area contributed by atoms with Gasteiger partial charge in [0.1, 0.15) is 30.5 Å². The van der Waals surface area contributed by atoms with Crippen molar-refractivity contribution in [3.8, 4) is 0 Å². The molecule has 0 rings (SSSR count). The third kappa shape index (κ3) is 17.5. The van der Waals surface area contributed by atoms with Crippen LogP contribution in [0.15, 0.2) is 4.99 Å². The molecule has 0 saturated heterocycles. The lowest BCUT2D eigenvalue weighted by Crippen LogP contribution is -2.61. The number of nitrogens with two attached hydrogens (primary N) is 5. The third-order valence-electron chi connectivity index (χ3n) is 6.90. The highest BCUT2D eigenvalue weighted by molar-refractivity contribution is 5.96. The molecule has 0 saturated carbocycles. The lowest BCUT2D eigenvalue weighted by atomic mass is 10.0. The van der Waals surface area contributed by atoms with Gasteiger partial charge < -0.3 is 70.3 Å². The number of primary amides is 1. The van der Waals surface area contributed by atoms with Crippen molar-refractivity contribution in [2.75, 3.05) is 13.1 Å². The fourth-order valence-corrected chi connectivity index (χ4v) is 4.17. The summed E-state index contributed by atoms with van der Waals surface area (Å²) in [6.45, 7) is 4.32. The molecular formula is C28H53N11O9. The van der Waals surface area contributed by atoms with Gasteiger partial charge in [-0.3, -0.25) is 33.8 Å². The molecule has 20 heteroatoms. The van der Waals surface area contributed by atoms with Crippen LogP contribution in [0.25, 0.3) is 0 Å². The van der Waals surface area contributed by atoms with Crippen molar-refractivity contribution < 1.29 is 43.8 Å². The summed E-state index contributed by atoms with van der Waals surface area (Å²) in [5.41, 5.74) is 27.3. The second-order valence-electron chi connectivity index (χ2n) is 11.4. The summed E-state index contributed by atoms with van der Waals surface area (Å²) < 4.78 is 0. The molecule has 6 amide bonds. The van der Waals surface area contributed by atoms with Gasteiger partial charge in [0.15, 0.2) is 5.96 Å². The lowest BCUT2D eigenvalue weighted by molar-refractivity contribution is -0.137. The van der Waals surface area contributed by atoms with E-state index in [1.54, 1.807) is 0 Å². The maximum Gasteiger partial charge on any atom is 0.245 e. The topological polar surface area (TPSA) is 363 Å². The Morgan fingerprint density at radius 1 is 0.688 bits per heavy atom. The largest absolute Gasteiger partial charge is 0.391 e. The van der Waals surface area contributed by atoms with Gasteiger partial charge in [-0.05, 0) is 65.8 Å². The summed E-state index contributed by atoms with van der Waals surface area (Å²) in [6.07, 6.45) is -1.76. The van der Waals surface area contributed by atoms with Crippen LogP contribution in [-0.4, -0.2) is 119 Å². The average Bonchev–Trinajstić information content (AvgIpc) is 3.00. The van der Waals surface area contributed by atoms with Crippen LogP contribution in [-0.2, 0) is 33.6 Å². The molecule has 0 heterocycles. The molecule has 17 N–H and O–H groups in total. The summed E-state index contributed by atoms with van der Waals surface area (Å²) in [4.78, 5) is 91.5. The first kappa shape index (κ1) is 43.6. The fraction of sp³-hybridized carbons (Fsp3) is 0.714. The molecule has 0 unspecified atom stereocenters. The predicted octanol–water partition coefficient (Wildman–Crippen LogP) is -5.83. The van der Waals surface area contributed by atoms with Crippen molar-refractivity contribution in [1.82, 2.24) is 26.6 Å². The number of amides is 6. The van der Waals surface area contributed by atoms with Crippen LogP contribution in [0, 0.1) is 0 Å².